The van der Waals surface area contributed by atoms with Gasteiger partial charge in [-0.05, 0) is 26.2 Å². The fourth-order valence-electron chi connectivity index (χ4n) is 1.84. The van der Waals surface area contributed by atoms with E-state index in [2.05, 4.69) is 4.74 Å². The van der Waals surface area contributed by atoms with E-state index in [0.29, 0.717) is 18.7 Å². The third-order valence-corrected chi connectivity index (χ3v) is 2.94. The van der Waals surface area contributed by atoms with Crippen molar-refractivity contribution < 1.29 is 14.3 Å². The largest absolute Gasteiger partial charge is 0.466 e. The number of esters is 1. The van der Waals surface area contributed by atoms with Gasteiger partial charge < -0.3 is 9.64 Å². The molecule has 4 nitrogen and oxygen atoms in total. The van der Waals surface area contributed by atoms with Crippen LogP contribution in [-0.2, 0) is 14.3 Å². The lowest BCUT2D eigenvalue weighted by molar-refractivity contribution is -0.135. The molecule has 1 atom stereocenters. The first-order valence-electron chi connectivity index (χ1n) is 5.80. The molecule has 17 heavy (non-hydrogen) atoms. The Labute approximate surface area is 107 Å². The van der Waals surface area contributed by atoms with E-state index in [-0.39, 0.29) is 5.91 Å². The molecule has 0 aromatic heterocycles. The summed E-state index contributed by atoms with van der Waals surface area (Å²) >= 11 is 5.82. The van der Waals surface area contributed by atoms with Crippen molar-refractivity contribution in [2.75, 3.05) is 13.7 Å². The molecule has 0 aromatic carbocycles. The second-order valence-corrected chi connectivity index (χ2v) is 4.73. The van der Waals surface area contributed by atoms with E-state index in [0.717, 1.165) is 19.3 Å². The first kappa shape index (κ1) is 14.0. The molecule has 0 radical (unpaired) electrons. The molecule has 0 unspecified atom stereocenters. The van der Waals surface area contributed by atoms with Crippen LogP contribution in [0.1, 0.15) is 32.6 Å². The molecular formula is C12H18ClNO3. The summed E-state index contributed by atoms with van der Waals surface area (Å²) in [5.74, 6) is -0.578. The average Bonchev–Trinajstić information content (AvgIpc) is 2.53. The number of ether oxygens (including phenoxy) is 1. The molecule has 0 saturated carbocycles. The minimum Gasteiger partial charge on any atom is -0.466 e. The number of alkyl halides is 1. The van der Waals surface area contributed by atoms with Crippen LogP contribution in [0.4, 0.5) is 0 Å². The van der Waals surface area contributed by atoms with E-state index in [9.17, 15) is 9.59 Å². The SMILES string of the molecule is COC(=O)/C=C1\CCCCCN1C(=O)[C@H](C)Cl. The molecular weight excluding hydrogens is 242 g/mol. The first-order valence-corrected chi connectivity index (χ1v) is 6.24. The molecule has 1 amide bonds. The van der Waals surface area contributed by atoms with Gasteiger partial charge in [-0.15, -0.1) is 11.6 Å². The van der Waals surface area contributed by atoms with Gasteiger partial charge in [-0.1, -0.05) is 6.42 Å². The highest BCUT2D eigenvalue weighted by atomic mass is 35.5. The molecule has 5 heteroatoms. The van der Waals surface area contributed by atoms with Gasteiger partial charge in [0.2, 0.25) is 5.91 Å². The van der Waals surface area contributed by atoms with Crippen molar-refractivity contribution in [1.82, 2.24) is 4.90 Å². The van der Waals surface area contributed by atoms with Crippen LogP contribution in [0, 0.1) is 0 Å². The van der Waals surface area contributed by atoms with E-state index in [1.165, 1.54) is 13.2 Å². The van der Waals surface area contributed by atoms with Gasteiger partial charge in [0.25, 0.3) is 0 Å². The summed E-state index contributed by atoms with van der Waals surface area (Å²) in [6.07, 6.45) is 5.07. The molecule has 1 aliphatic rings. The zero-order valence-corrected chi connectivity index (χ0v) is 11.0. The normalized spacial score (nSPS) is 20.9. The monoisotopic (exact) mass is 259 g/mol. The standard InChI is InChI=1S/C12H18ClNO3/c1-9(13)12(16)14-7-5-3-4-6-10(14)8-11(15)17-2/h8-9H,3-7H2,1-2H3/b10-8+/t9-/m0/s1. The highest BCUT2D eigenvalue weighted by molar-refractivity contribution is 6.30. The molecule has 1 heterocycles. The molecule has 1 rings (SSSR count). The highest BCUT2D eigenvalue weighted by Gasteiger charge is 2.24. The number of carbonyl (C=O) groups excluding carboxylic acids is 2. The summed E-state index contributed by atoms with van der Waals surface area (Å²) in [6, 6.07) is 0. The van der Waals surface area contributed by atoms with Gasteiger partial charge in [-0.2, -0.15) is 0 Å². The molecule has 1 saturated heterocycles. The van der Waals surface area contributed by atoms with Crippen LogP contribution in [0.3, 0.4) is 0 Å². The van der Waals surface area contributed by atoms with Gasteiger partial charge in [-0.3, -0.25) is 4.79 Å². The Bertz CT molecular complexity index is 326. The lowest BCUT2D eigenvalue weighted by Gasteiger charge is -2.24. The molecule has 0 bridgehead atoms. The Balaban J connectivity index is 2.90. The highest BCUT2D eigenvalue weighted by Crippen LogP contribution is 2.21. The Kier molecular flexibility index (Phi) is 5.48. The van der Waals surface area contributed by atoms with E-state index >= 15 is 0 Å². The van der Waals surface area contributed by atoms with Gasteiger partial charge >= 0.3 is 5.97 Å². The van der Waals surface area contributed by atoms with Crippen LogP contribution >= 0.6 is 11.6 Å². The van der Waals surface area contributed by atoms with E-state index in [1.54, 1.807) is 11.8 Å². The lowest BCUT2D eigenvalue weighted by Crippen LogP contribution is -2.35. The zero-order valence-electron chi connectivity index (χ0n) is 10.2. The van der Waals surface area contributed by atoms with E-state index in [1.807, 2.05) is 0 Å². The second-order valence-electron chi connectivity index (χ2n) is 4.08. The topological polar surface area (TPSA) is 46.6 Å². The van der Waals surface area contributed by atoms with Crippen molar-refractivity contribution in [2.45, 2.75) is 38.0 Å². The minimum atomic E-state index is -0.575. The third kappa shape index (κ3) is 4.04. The Morgan fingerprint density at radius 2 is 2.12 bits per heavy atom. The van der Waals surface area contributed by atoms with Crippen LogP contribution in [-0.4, -0.2) is 35.8 Å². The van der Waals surface area contributed by atoms with Crippen molar-refractivity contribution in [3.8, 4) is 0 Å². The Morgan fingerprint density at radius 3 is 2.71 bits per heavy atom. The summed E-state index contributed by atoms with van der Waals surface area (Å²) in [7, 11) is 1.33. The maximum Gasteiger partial charge on any atom is 0.332 e. The van der Waals surface area contributed by atoms with Gasteiger partial charge in [0.15, 0.2) is 0 Å². The fourth-order valence-corrected chi connectivity index (χ4v) is 1.96. The summed E-state index contributed by atoms with van der Waals surface area (Å²) in [5, 5.41) is -0.575. The molecule has 1 fully saturated rings. The van der Waals surface area contributed by atoms with Gasteiger partial charge in [0.1, 0.15) is 5.38 Å². The number of methoxy groups -OCH3 is 1. The average molecular weight is 260 g/mol. The smallest absolute Gasteiger partial charge is 0.332 e. The lowest BCUT2D eigenvalue weighted by atomic mass is 10.2. The van der Waals surface area contributed by atoms with Crippen LogP contribution < -0.4 is 0 Å². The maximum absolute atomic E-state index is 11.9. The molecule has 0 spiro atoms. The van der Waals surface area contributed by atoms with Crippen molar-refractivity contribution in [2.24, 2.45) is 0 Å². The zero-order chi connectivity index (χ0) is 12.8. The molecule has 0 N–H and O–H groups in total. The van der Waals surface area contributed by atoms with Gasteiger partial charge in [0, 0.05) is 18.3 Å². The quantitative estimate of drug-likeness (QED) is 0.433. The number of likely N-dealkylation sites (tertiary alicyclic amines) is 1. The molecule has 0 aromatic rings. The molecule has 96 valence electrons. The number of hydrogen-bond donors (Lipinski definition) is 0. The maximum atomic E-state index is 11.9. The van der Waals surface area contributed by atoms with Crippen molar-refractivity contribution in [3.63, 3.8) is 0 Å². The number of allylic oxidation sites excluding steroid dienone is 1. The van der Waals surface area contributed by atoms with Crippen LogP contribution in [0.15, 0.2) is 11.8 Å². The van der Waals surface area contributed by atoms with Gasteiger partial charge in [0.05, 0.1) is 7.11 Å². The van der Waals surface area contributed by atoms with Crippen LogP contribution in [0.2, 0.25) is 0 Å². The second kappa shape index (κ2) is 6.64. The summed E-state index contributed by atoms with van der Waals surface area (Å²) < 4.78 is 4.60. The number of amides is 1. The number of carbonyl (C=O) groups is 2. The van der Waals surface area contributed by atoms with E-state index < -0.39 is 11.3 Å². The first-order chi connectivity index (χ1) is 8.06. The predicted octanol–water partition coefficient (Wildman–Crippen LogP) is 2.07. The molecule has 1 aliphatic heterocycles. The van der Waals surface area contributed by atoms with E-state index in [4.69, 9.17) is 11.6 Å². The third-order valence-electron chi connectivity index (χ3n) is 2.75. The predicted molar refractivity (Wildman–Crippen MR) is 65.6 cm³/mol. The summed E-state index contributed by atoms with van der Waals surface area (Å²) in [5.41, 5.74) is 0.715. The van der Waals surface area contributed by atoms with Crippen molar-refractivity contribution in [3.05, 3.63) is 11.8 Å². The fraction of sp³-hybridized carbons (Fsp3) is 0.667. The van der Waals surface area contributed by atoms with Crippen LogP contribution in [0.5, 0.6) is 0 Å². The van der Waals surface area contributed by atoms with Crippen molar-refractivity contribution in [1.29, 1.82) is 0 Å². The number of hydrogen-bond acceptors (Lipinski definition) is 3. The Morgan fingerprint density at radius 1 is 1.41 bits per heavy atom. The number of halogens is 1. The Hall–Kier alpha value is -1.03. The van der Waals surface area contributed by atoms with Gasteiger partial charge in [-0.25, -0.2) is 4.79 Å². The minimum absolute atomic E-state index is 0.149. The summed E-state index contributed by atoms with van der Waals surface area (Å²) in [6.45, 7) is 2.27. The summed E-state index contributed by atoms with van der Waals surface area (Å²) in [4.78, 5) is 24.8. The number of nitrogens with zero attached hydrogens (tertiary/aromatic N) is 1. The van der Waals surface area contributed by atoms with Crippen molar-refractivity contribution >= 4 is 23.5 Å². The molecule has 0 aliphatic carbocycles. The number of rotatable bonds is 2. The van der Waals surface area contributed by atoms with Crippen LogP contribution in [0.25, 0.3) is 0 Å².